The van der Waals surface area contributed by atoms with Crippen molar-refractivity contribution in [3.05, 3.63) is 17.7 Å². The predicted molar refractivity (Wildman–Crippen MR) is 96.9 cm³/mol. The fourth-order valence-electron chi connectivity index (χ4n) is 2.48. The third-order valence-corrected chi connectivity index (χ3v) is 4.01. The van der Waals surface area contributed by atoms with Crippen LogP contribution in [0.3, 0.4) is 0 Å². The zero-order valence-corrected chi connectivity index (χ0v) is 15.8. The zero-order chi connectivity index (χ0) is 19.1. The Hall–Kier alpha value is -2.62. The van der Waals surface area contributed by atoms with E-state index < -0.39 is 5.97 Å². The summed E-state index contributed by atoms with van der Waals surface area (Å²) in [5, 5.41) is 6.23. The number of ether oxygens (including phenoxy) is 3. The molecule has 2 rings (SSSR count). The molecular formula is C16H22N4O5S. The number of pyridine rings is 1. The molecule has 0 saturated carbocycles. The highest BCUT2D eigenvalue weighted by Crippen LogP contribution is 2.23. The molecule has 0 unspecified atom stereocenters. The van der Waals surface area contributed by atoms with Crippen LogP contribution in [0.2, 0.25) is 0 Å². The van der Waals surface area contributed by atoms with Crippen molar-refractivity contribution in [1.29, 1.82) is 0 Å². The monoisotopic (exact) mass is 382 g/mol. The predicted octanol–water partition coefficient (Wildman–Crippen LogP) is 0.599. The van der Waals surface area contributed by atoms with Gasteiger partial charge in [-0.3, -0.25) is 14.6 Å². The summed E-state index contributed by atoms with van der Waals surface area (Å²) in [6.07, 6.45) is 0.749. The lowest BCUT2D eigenvalue weighted by atomic mass is 10.2. The molecule has 1 N–H and O–H groups in total. The van der Waals surface area contributed by atoms with E-state index in [1.54, 1.807) is 24.1 Å². The van der Waals surface area contributed by atoms with E-state index in [1.165, 1.54) is 19.2 Å². The number of hydrogen-bond donors (Lipinski definition) is 1. The first-order valence-electron chi connectivity index (χ1n) is 8.13. The van der Waals surface area contributed by atoms with Gasteiger partial charge in [0.1, 0.15) is 12.1 Å². The maximum Gasteiger partial charge on any atom is 0.325 e. The number of hydrogen-bond acceptors (Lipinski definition) is 7. The average molecular weight is 382 g/mol. The molecule has 9 nitrogen and oxygen atoms in total. The highest BCUT2D eigenvalue weighted by atomic mass is 32.1. The van der Waals surface area contributed by atoms with Crippen molar-refractivity contribution in [2.75, 3.05) is 40.5 Å². The Balaban J connectivity index is 2.10. The van der Waals surface area contributed by atoms with E-state index in [0.29, 0.717) is 31.1 Å². The molecule has 1 amide bonds. The quantitative estimate of drug-likeness (QED) is 0.561. The Kier molecular flexibility index (Phi) is 6.96. The first-order chi connectivity index (χ1) is 12.5. The summed E-state index contributed by atoms with van der Waals surface area (Å²) in [5.74, 6) is -0.183. The molecule has 142 valence electrons. The van der Waals surface area contributed by atoms with Gasteiger partial charge in [-0.05, 0) is 31.6 Å². The molecule has 0 aliphatic carbocycles. The van der Waals surface area contributed by atoms with Crippen LogP contribution in [0.1, 0.15) is 23.7 Å². The molecule has 10 heteroatoms. The standard InChI is InChI=1S/C16H22N4O5S/c1-4-25-13(21)10-17-16(26)20-9-5-8-19(20)15(22)11-6-7-12(23-2)18-14(11)24-3/h6-7H,4-5,8-10H2,1-3H3,(H,17,26). The number of aromatic nitrogens is 1. The second kappa shape index (κ2) is 9.18. The molecular weight excluding hydrogens is 360 g/mol. The SMILES string of the molecule is CCOC(=O)CNC(=S)N1CCCN1C(=O)c1ccc(OC)nc1OC. The molecule has 1 saturated heterocycles. The fraction of sp³-hybridized carbons (Fsp3) is 0.500. The minimum absolute atomic E-state index is 0.0569. The third-order valence-electron chi connectivity index (χ3n) is 3.66. The summed E-state index contributed by atoms with van der Waals surface area (Å²) in [4.78, 5) is 28.5. The second-order valence-corrected chi connectivity index (χ2v) is 5.67. The molecule has 1 aromatic heterocycles. The minimum atomic E-state index is -0.409. The summed E-state index contributed by atoms with van der Waals surface area (Å²) in [7, 11) is 2.92. The number of amides is 1. The van der Waals surface area contributed by atoms with Gasteiger partial charge in [-0.2, -0.15) is 4.98 Å². The normalized spacial score (nSPS) is 13.3. The lowest BCUT2D eigenvalue weighted by Gasteiger charge is -2.30. The van der Waals surface area contributed by atoms with Crippen LogP contribution < -0.4 is 14.8 Å². The van der Waals surface area contributed by atoms with Crippen LogP contribution in [-0.2, 0) is 9.53 Å². The topological polar surface area (TPSA) is 93.2 Å². The van der Waals surface area contributed by atoms with Gasteiger partial charge in [0.15, 0.2) is 5.11 Å². The Bertz CT molecular complexity index is 685. The van der Waals surface area contributed by atoms with Crippen molar-refractivity contribution < 1.29 is 23.8 Å². The number of nitrogens with one attached hydrogen (secondary N) is 1. The molecule has 1 fully saturated rings. The summed E-state index contributed by atoms with van der Waals surface area (Å²) in [6.45, 7) is 3.03. The van der Waals surface area contributed by atoms with Crippen molar-refractivity contribution in [2.24, 2.45) is 0 Å². The van der Waals surface area contributed by atoms with Crippen LogP contribution in [0.15, 0.2) is 12.1 Å². The Morgan fingerprint density at radius 3 is 2.62 bits per heavy atom. The highest BCUT2D eigenvalue weighted by molar-refractivity contribution is 7.80. The smallest absolute Gasteiger partial charge is 0.325 e. The van der Waals surface area contributed by atoms with Crippen molar-refractivity contribution in [3.63, 3.8) is 0 Å². The maximum absolute atomic E-state index is 12.9. The van der Waals surface area contributed by atoms with Gasteiger partial charge in [0.25, 0.3) is 5.91 Å². The first kappa shape index (κ1) is 19.7. The number of carbonyl (C=O) groups is 2. The van der Waals surface area contributed by atoms with Crippen LogP contribution in [0, 0.1) is 0 Å². The van der Waals surface area contributed by atoms with Crippen molar-refractivity contribution in [1.82, 2.24) is 20.3 Å². The van der Waals surface area contributed by atoms with E-state index in [4.69, 9.17) is 26.4 Å². The van der Waals surface area contributed by atoms with Crippen LogP contribution in [0.25, 0.3) is 0 Å². The second-order valence-electron chi connectivity index (χ2n) is 5.28. The summed E-state index contributed by atoms with van der Waals surface area (Å²) in [5.41, 5.74) is 0.299. The zero-order valence-electron chi connectivity index (χ0n) is 15.0. The Labute approximate surface area is 157 Å². The summed E-state index contributed by atoms with van der Waals surface area (Å²) < 4.78 is 15.1. The summed E-state index contributed by atoms with van der Waals surface area (Å²) in [6, 6.07) is 3.19. The van der Waals surface area contributed by atoms with Gasteiger partial charge < -0.3 is 19.5 Å². The van der Waals surface area contributed by atoms with Crippen LogP contribution >= 0.6 is 12.2 Å². The number of carbonyl (C=O) groups excluding carboxylic acids is 2. The molecule has 0 aromatic carbocycles. The fourth-order valence-corrected chi connectivity index (χ4v) is 2.74. The molecule has 0 bridgehead atoms. The first-order valence-corrected chi connectivity index (χ1v) is 8.54. The number of nitrogens with zero attached hydrogens (tertiary/aromatic N) is 3. The molecule has 1 aliphatic heterocycles. The number of methoxy groups -OCH3 is 2. The van der Waals surface area contributed by atoms with E-state index in [9.17, 15) is 9.59 Å². The largest absolute Gasteiger partial charge is 0.481 e. The van der Waals surface area contributed by atoms with E-state index in [0.717, 1.165) is 6.42 Å². The number of thiocarbonyl (C=S) groups is 1. The van der Waals surface area contributed by atoms with Gasteiger partial charge in [-0.15, -0.1) is 0 Å². The number of esters is 1. The molecule has 0 radical (unpaired) electrons. The van der Waals surface area contributed by atoms with Crippen LogP contribution in [0.4, 0.5) is 0 Å². The molecule has 0 spiro atoms. The lowest BCUT2D eigenvalue weighted by Crippen LogP contribution is -2.50. The molecule has 26 heavy (non-hydrogen) atoms. The van der Waals surface area contributed by atoms with Gasteiger partial charge >= 0.3 is 5.97 Å². The van der Waals surface area contributed by atoms with E-state index in [-0.39, 0.29) is 23.4 Å². The van der Waals surface area contributed by atoms with E-state index in [1.807, 2.05) is 0 Å². The Morgan fingerprint density at radius 2 is 1.96 bits per heavy atom. The van der Waals surface area contributed by atoms with Gasteiger partial charge in [0.2, 0.25) is 11.8 Å². The van der Waals surface area contributed by atoms with Gasteiger partial charge in [0.05, 0.1) is 20.8 Å². The van der Waals surface area contributed by atoms with Crippen LogP contribution in [0.5, 0.6) is 11.8 Å². The average Bonchev–Trinajstić information content (AvgIpc) is 3.15. The van der Waals surface area contributed by atoms with Crippen molar-refractivity contribution >= 4 is 29.2 Å². The van der Waals surface area contributed by atoms with Crippen molar-refractivity contribution in [3.8, 4) is 11.8 Å². The van der Waals surface area contributed by atoms with Gasteiger partial charge in [-0.25, -0.2) is 5.01 Å². The van der Waals surface area contributed by atoms with E-state index in [2.05, 4.69) is 10.3 Å². The lowest BCUT2D eigenvalue weighted by molar-refractivity contribution is -0.141. The minimum Gasteiger partial charge on any atom is -0.481 e. The molecule has 0 atom stereocenters. The number of rotatable bonds is 6. The van der Waals surface area contributed by atoms with E-state index >= 15 is 0 Å². The molecule has 1 aromatic rings. The summed E-state index contributed by atoms with van der Waals surface area (Å²) >= 11 is 5.31. The Morgan fingerprint density at radius 1 is 1.23 bits per heavy atom. The van der Waals surface area contributed by atoms with Crippen molar-refractivity contribution in [2.45, 2.75) is 13.3 Å². The highest BCUT2D eigenvalue weighted by Gasteiger charge is 2.31. The maximum atomic E-state index is 12.9. The number of hydrazine groups is 1. The third kappa shape index (κ3) is 4.51. The van der Waals surface area contributed by atoms with Gasteiger partial charge in [0, 0.05) is 19.2 Å². The van der Waals surface area contributed by atoms with Crippen LogP contribution in [-0.4, -0.2) is 72.5 Å². The molecule has 1 aliphatic rings. The van der Waals surface area contributed by atoms with Gasteiger partial charge in [-0.1, -0.05) is 0 Å². The molecule has 2 heterocycles.